The second kappa shape index (κ2) is 6.71. The van der Waals surface area contributed by atoms with E-state index >= 15 is 0 Å². The maximum Gasteiger partial charge on any atom is 0.335 e. The Kier molecular flexibility index (Phi) is 4.96. The summed E-state index contributed by atoms with van der Waals surface area (Å²) in [6.07, 6.45) is 8.33. The minimum Gasteiger partial charge on any atom is -0.478 e. The quantitative estimate of drug-likeness (QED) is 0.746. The van der Waals surface area contributed by atoms with Gasteiger partial charge < -0.3 is 10.4 Å². The highest BCUT2D eigenvalue weighted by molar-refractivity contribution is 5.87. The van der Waals surface area contributed by atoms with E-state index in [1.165, 1.54) is 25.7 Å². The van der Waals surface area contributed by atoms with Crippen LogP contribution in [0.5, 0.6) is 0 Å². The third kappa shape index (κ3) is 3.70. The Labute approximate surface area is 120 Å². The maximum absolute atomic E-state index is 10.8. The number of aromatic carboxylic acids is 1. The van der Waals surface area contributed by atoms with Gasteiger partial charge in [-0.05, 0) is 42.4 Å². The molecule has 20 heavy (non-hydrogen) atoms. The molecule has 2 rings (SSSR count). The molecule has 1 aromatic carbocycles. The van der Waals surface area contributed by atoms with Gasteiger partial charge >= 0.3 is 5.97 Å². The SMILES string of the molecule is C=CCC1(CNCc2ccc(C(=O)O)cc2)CCCC1. The van der Waals surface area contributed by atoms with Gasteiger partial charge in [0.15, 0.2) is 0 Å². The number of benzene rings is 1. The molecular formula is C17H23NO2. The van der Waals surface area contributed by atoms with E-state index in [9.17, 15) is 4.79 Å². The van der Waals surface area contributed by atoms with E-state index in [-0.39, 0.29) is 0 Å². The van der Waals surface area contributed by atoms with Crippen LogP contribution < -0.4 is 5.32 Å². The van der Waals surface area contributed by atoms with E-state index in [4.69, 9.17) is 5.11 Å². The minimum atomic E-state index is -0.875. The summed E-state index contributed by atoms with van der Waals surface area (Å²) < 4.78 is 0. The molecule has 1 aromatic rings. The van der Waals surface area contributed by atoms with Crippen molar-refractivity contribution in [3.8, 4) is 0 Å². The summed E-state index contributed by atoms with van der Waals surface area (Å²) >= 11 is 0. The third-order valence-corrected chi connectivity index (χ3v) is 4.27. The Hall–Kier alpha value is -1.61. The molecule has 1 aliphatic rings. The second-order valence-corrected chi connectivity index (χ2v) is 5.81. The number of hydrogen-bond acceptors (Lipinski definition) is 2. The van der Waals surface area contributed by atoms with Gasteiger partial charge in [-0.1, -0.05) is 31.1 Å². The number of allylic oxidation sites excluding steroid dienone is 1. The summed E-state index contributed by atoms with van der Waals surface area (Å²) in [7, 11) is 0. The zero-order chi connectivity index (χ0) is 14.4. The molecule has 0 spiro atoms. The van der Waals surface area contributed by atoms with Gasteiger partial charge in [0, 0.05) is 13.1 Å². The van der Waals surface area contributed by atoms with Crippen molar-refractivity contribution in [1.82, 2.24) is 5.32 Å². The molecule has 1 fully saturated rings. The van der Waals surface area contributed by atoms with Gasteiger partial charge in [-0.25, -0.2) is 4.79 Å². The fourth-order valence-electron chi connectivity index (χ4n) is 3.12. The van der Waals surface area contributed by atoms with Crippen LogP contribution in [0.3, 0.4) is 0 Å². The molecule has 0 unspecified atom stereocenters. The van der Waals surface area contributed by atoms with Crippen LogP contribution >= 0.6 is 0 Å². The standard InChI is InChI=1S/C17H23NO2/c1-2-9-17(10-3-4-11-17)13-18-12-14-5-7-15(8-6-14)16(19)20/h2,5-8,18H,1,3-4,9-13H2,(H,19,20). The molecule has 0 atom stereocenters. The average Bonchev–Trinajstić information content (AvgIpc) is 2.88. The van der Waals surface area contributed by atoms with E-state index < -0.39 is 5.97 Å². The van der Waals surface area contributed by atoms with Gasteiger partial charge in [0.1, 0.15) is 0 Å². The lowest BCUT2D eigenvalue weighted by atomic mass is 9.82. The molecule has 0 heterocycles. The largest absolute Gasteiger partial charge is 0.478 e. The highest BCUT2D eigenvalue weighted by Gasteiger charge is 2.31. The molecule has 3 nitrogen and oxygen atoms in total. The summed E-state index contributed by atoms with van der Waals surface area (Å²) in [4.78, 5) is 10.8. The van der Waals surface area contributed by atoms with Crippen molar-refractivity contribution in [2.45, 2.75) is 38.6 Å². The van der Waals surface area contributed by atoms with Gasteiger partial charge in [-0.2, -0.15) is 0 Å². The summed E-state index contributed by atoms with van der Waals surface area (Å²) in [6, 6.07) is 7.08. The Morgan fingerprint density at radius 2 is 1.95 bits per heavy atom. The number of carboxylic acid groups (broad SMARTS) is 1. The molecule has 0 radical (unpaired) electrons. The number of carboxylic acids is 1. The molecular weight excluding hydrogens is 250 g/mol. The zero-order valence-electron chi connectivity index (χ0n) is 11.9. The van der Waals surface area contributed by atoms with Crippen LogP contribution in [0.1, 0.15) is 48.0 Å². The van der Waals surface area contributed by atoms with Crippen molar-refractivity contribution in [1.29, 1.82) is 0 Å². The topological polar surface area (TPSA) is 49.3 Å². The normalized spacial score (nSPS) is 17.0. The average molecular weight is 273 g/mol. The van der Waals surface area contributed by atoms with Crippen LogP contribution in [-0.2, 0) is 6.54 Å². The third-order valence-electron chi connectivity index (χ3n) is 4.27. The first-order valence-corrected chi connectivity index (χ1v) is 7.29. The molecule has 3 heteroatoms. The van der Waals surface area contributed by atoms with E-state index in [0.717, 1.165) is 25.1 Å². The van der Waals surface area contributed by atoms with Crippen LogP contribution in [0.15, 0.2) is 36.9 Å². The Morgan fingerprint density at radius 3 is 2.50 bits per heavy atom. The predicted octanol–water partition coefficient (Wildman–Crippen LogP) is 3.61. The monoisotopic (exact) mass is 273 g/mol. The summed E-state index contributed by atoms with van der Waals surface area (Å²) in [5.41, 5.74) is 1.86. The second-order valence-electron chi connectivity index (χ2n) is 5.81. The smallest absolute Gasteiger partial charge is 0.335 e. The number of nitrogens with one attached hydrogen (secondary N) is 1. The zero-order valence-corrected chi connectivity index (χ0v) is 11.9. The molecule has 1 aliphatic carbocycles. The predicted molar refractivity (Wildman–Crippen MR) is 80.8 cm³/mol. The molecule has 0 aromatic heterocycles. The molecule has 2 N–H and O–H groups in total. The van der Waals surface area contributed by atoms with E-state index in [2.05, 4.69) is 11.9 Å². The van der Waals surface area contributed by atoms with Crippen molar-refractivity contribution in [3.63, 3.8) is 0 Å². The number of carbonyl (C=O) groups is 1. The maximum atomic E-state index is 10.8. The van der Waals surface area contributed by atoms with Crippen LogP contribution in [0, 0.1) is 5.41 Å². The van der Waals surface area contributed by atoms with E-state index in [1.54, 1.807) is 12.1 Å². The van der Waals surface area contributed by atoms with Crippen molar-refractivity contribution in [2.75, 3.05) is 6.54 Å². The Balaban J connectivity index is 1.85. The van der Waals surface area contributed by atoms with Crippen molar-refractivity contribution in [2.24, 2.45) is 5.41 Å². The van der Waals surface area contributed by atoms with E-state index in [1.807, 2.05) is 18.2 Å². The van der Waals surface area contributed by atoms with Crippen LogP contribution in [0.2, 0.25) is 0 Å². The lowest BCUT2D eigenvalue weighted by Gasteiger charge is -2.28. The van der Waals surface area contributed by atoms with Crippen molar-refractivity contribution < 1.29 is 9.90 Å². The Morgan fingerprint density at radius 1 is 1.30 bits per heavy atom. The highest BCUT2D eigenvalue weighted by Crippen LogP contribution is 2.40. The highest BCUT2D eigenvalue weighted by atomic mass is 16.4. The summed E-state index contributed by atoms with van der Waals surface area (Å²) in [5.74, 6) is -0.875. The van der Waals surface area contributed by atoms with Gasteiger partial charge in [0.05, 0.1) is 5.56 Å². The molecule has 0 bridgehead atoms. The van der Waals surface area contributed by atoms with Gasteiger partial charge in [0.25, 0.3) is 0 Å². The Bertz CT molecular complexity index is 458. The molecule has 1 saturated carbocycles. The minimum absolute atomic E-state index is 0.340. The first-order chi connectivity index (χ1) is 9.65. The lowest BCUT2D eigenvalue weighted by Crippen LogP contribution is -2.31. The first kappa shape index (κ1) is 14.8. The van der Waals surface area contributed by atoms with E-state index in [0.29, 0.717) is 11.0 Å². The van der Waals surface area contributed by atoms with Gasteiger partial charge in [-0.15, -0.1) is 6.58 Å². The molecule has 0 saturated heterocycles. The fourth-order valence-corrected chi connectivity index (χ4v) is 3.12. The van der Waals surface area contributed by atoms with Crippen LogP contribution in [0.25, 0.3) is 0 Å². The summed E-state index contributed by atoms with van der Waals surface area (Å²) in [5, 5.41) is 12.4. The molecule has 0 aliphatic heterocycles. The first-order valence-electron chi connectivity index (χ1n) is 7.29. The molecule has 0 amide bonds. The van der Waals surface area contributed by atoms with Gasteiger partial charge in [0.2, 0.25) is 0 Å². The lowest BCUT2D eigenvalue weighted by molar-refractivity contribution is 0.0697. The van der Waals surface area contributed by atoms with Gasteiger partial charge in [-0.3, -0.25) is 0 Å². The number of rotatable bonds is 7. The van der Waals surface area contributed by atoms with Crippen molar-refractivity contribution in [3.05, 3.63) is 48.0 Å². The van der Waals surface area contributed by atoms with Crippen molar-refractivity contribution >= 4 is 5.97 Å². The number of hydrogen-bond donors (Lipinski definition) is 2. The van der Waals surface area contributed by atoms with Crippen LogP contribution in [-0.4, -0.2) is 17.6 Å². The fraction of sp³-hybridized carbons (Fsp3) is 0.471. The van der Waals surface area contributed by atoms with Crippen LogP contribution in [0.4, 0.5) is 0 Å². The summed E-state index contributed by atoms with van der Waals surface area (Å²) in [6.45, 7) is 5.68. The molecule has 108 valence electrons.